The molecule has 3 N–H and O–H groups in total. The molecule has 1 aromatic heterocycles. The Hall–Kier alpha value is -3.09. The Kier molecular flexibility index (Phi) is 7.24. The highest BCUT2D eigenvalue weighted by atomic mass is 19.4. The van der Waals surface area contributed by atoms with Crippen molar-refractivity contribution in [2.24, 2.45) is 5.73 Å². The van der Waals surface area contributed by atoms with E-state index >= 15 is 0 Å². The zero-order valence-electron chi connectivity index (χ0n) is 18.3. The smallest absolute Gasteiger partial charge is 0.351 e. The minimum atomic E-state index is -4.80. The molecule has 0 radical (unpaired) electrons. The van der Waals surface area contributed by atoms with Crippen molar-refractivity contribution in [2.75, 3.05) is 13.1 Å². The first-order chi connectivity index (χ1) is 15.8. The van der Waals surface area contributed by atoms with Crippen LogP contribution in [0.5, 0.6) is 0 Å². The van der Waals surface area contributed by atoms with Gasteiger partial charge in [-0.2, -0.15) is 13.2 Å². The van der Waals surface area contributed by atoms with E-state index in [1.165, 1.54) is 11.8 Å². The van der Waals surface area contributed by atoms with Crippen LogP contribution in [0, 0.1) is 17.5 Å². The van der Waals surface area contributed by atoms with Crippen molar-refractivity contribution in [1.29, 1.82) is 0 Å². The third kappa shape index (κ3) is 5.03. The highest BCUT2D eigenvalue weighted by Crippen LogP contribution is 2.36. The van der Waals surface area contributed by atoms with Gasteiger partial charge in [-0.1, -0.05) is 0 Å². The number of hydrogen-bond acceptors (Lipinski definition) is 4. The predicted octanol–water partition coefficient (Wildman–Crippen LogP) is 2.93. The Morgan fingerprint density at radius 3 is 2.44 bits per heavy atom. The summed E-state index contributed by atoms with van der Waals surface area (Å²) >= 11 is 0. The molecular formula is C21H23F6N5O2. The van der Waals surface area contributed by atoms with Gasteiger partial charge < -0.3 is 20.5 Å². The fourth-order valence-corrected chi connectivity index (χ4v) is 4.05. The molecule has 0 aliphatic carbocycles. The summed E-state index contributed by atoms with van der Waals surface area (Å²) in [5, 5.41) is 2.42. The third-order valence-electron chi connectivity index (χ3n) is 5.57. The van der Waals surface area contributed by atoms with Crippen molar-refractivity contribution < 1.29 is 35.9 Å². The highest BCUT2D eigenvalue weighted by Gasteiger charge is 2.43. The van der Waals surface area contributed by atoms with Crippen LogP contribution in [-0.4, -0.2) is 45.4 Å². The molecule has 0 unspecified atom stereocenters. The molecule has 0 fully saturated rings. The van der Waals surface area contributed by atoms with E-state index in [4.69, 9.17) is 5.73 Å². The van der Waals surface area contributed by atoms with Crippen LogP contribution < -0.4 is 11.1 Å². The molecule has 7 nitrogen and oxygen atoms in total. The van der Waals surface area contributed by atoms with Gasteiger partial charge in [0.15, 0.2) is 17.3 Å². The standard InChI is InChI=1S/C21H23F6N5O2/c1-3-29-19(34)17-18-10(2)31(4-5-32(18)20(30-17)21(25,26)27)16(33)8-12(28)6-11-7-14(23)15(24)9-13(11)22/h7,9-10,12H,3-6,8,28H2,1-2H3,(H,29,34)/t10-,12-/m1/s1. The maximum absolute atomic E-state index is 13.9. The van der Waals surface area contributed by atoms with Crippen LogP contribution in [0.4, 0.5) is 26.3 Å². The van der Waals surface area contributed by atoms with Crippen molar-refractivity contribution in [3.8, 4) is 0 Å². The molecule has 2 atom stereocenters. The zero-order valence-corrected chi connectivity index (χ0v) is 18.3. The van der Waals surface area contributed by atoms with E-state index in [1.807, 2.05) is 0 Å². The Morgan fingerprint density at radius 1 is 1.18 bits per heavy atom. The average molecular weight is 491 g/mol. The number of imidazole rings is 1. The Balaban J connectivity index is 1.82. The summed E-state index contributed by atoms with van der Waals surface area (Å²) in [6.45, 7) is 2.88. The third-order valence-corrected chi connectivity index (χ3v) is 5.57. The number of alkyl halides is 3. The summed E-state index contributed by atoms with van der Waals surface area (Å²) in [7, 11) is 0. The molecule has 34 heavy (non-hydrogen) atoms. The van der Waals surface area contributed by atoms with Crippen molar-refractivity contribution in [2.45, 2.75) is 51.5 Å². The van der Waals surface area contributed by atoms with Crippen LogP contribution >= 0.6 is 0 Å². The lowest BCUT2D eigenvalue weighted by Gasteiger charge is -2.36. The number of benzene rings is 1. The topological polar surface area (TPSA) is 93.2 Å². The summed E-state index contributed by atoms with van der Waals surface area (Å²) in [6.07, 6.45) is -5.40. The lowest BCUT2D eigenvalue weighted by atomic mass is 10.0. The second kappa shape index (κ2) is 9.65. The second-order valence-corrected chi connectivity index (χ2v) is 7.97. The van der Waals surface area contributed by atoms with Crippen molar-refractivity contribution in [3.63, 3.8) is 0 Å². The van der Waals surface area contributed by atoms with Gasteiger partial charge >= 0.3 is 6.18 Å². The van der Waals surface area contributed by atoms with Gasteiger partial charge in [0.05, 0.1) is 11.7 Å². The number of aromatic nitrogens is 2. The van der Waals surface area contributed by atoms with E-state index in [0.717, 1.165) is 4.57 Å². The van der Waals surface area contributed by atoms with Gasteiger partial charge in [0, 0.05) is 38.2 Å². The Labute approximate surface area is 190 Å². The van der Waals surface area contributed by atoms with Gasteiger partial charge in [-0.3, -0.25) is 9.59 Å². The number of amides is 2. The average Bonchev–Trinajstić information content (AvgIpc) is 3.13. The molecular weight excluding hydrogens is 468 g/mol. The first-order valence-corrected chi connectivity index (χ1v) is 10.5. The number of halogens is 6. The predicted molar refractivity (Wildman–Crippen MR) is 108 cm³/mol. The maximum atomic E-state index is 13.9. The number of fused-ring (bicyclic) bond motifs is 1. The molecule has 2 aromatic rings. The number of carbonyl (C=O) groups excluding carboxylic acids is 2. The van der Waals surface area contributed by atoms with Gasteiger partial charge in [0.2, 0.25) is 11.7 Å². The maximum Gasteiger partial charge on any atom is 0.449 e. The van der Waals surface area contributed by atoms with Crippen LogP contribution in [0.15, 0.2) is 12.1 Å². The van der Waals surface area contributed by atoms with E-state index < -0.39 is 59.0 Å². The van der Waals surface area contributed by atoms with Crippen LogP contribution in [0.1, 0.15) is 53.9 Å². The molecule has 2 heterocycles. The molecule has 0 saturated heterocycles. The summed E-state index contributed by atoms with van der Waals surface area (Å²) < 4.78 is 81.8. The van der Waals surface area contributed by atoms with Crippen molar-refractivity contribution >= 4 is 11.8 Å². The molecule has 0 spiro atoms. The van der Waals surface area contributed by atoms with Crippen molar-refractivity contribution in [3.05, 3.63) is 52.4 Å². The van der Waals surface area contributed by atoms with E-state index in [9.17, 15) is 35.9 Å². The SMILES string of the molecule is CCNC(=O)c1nc(C(F)(F)F)n2c1[C@@H](C)N(C(=O)C[C@H](N)Cc1cc(F)c(F)cc1F)CC2. The minimum Gasteiger partial charge on any atom is -0.351 e. The van der Waals surface area contributed by atoms with Crippen LogP contribution in [0.3, 0.4) is 0 Å². The van der Waals surface area contributed by atoms with E-state index in [-0.39, 0.29) is 43.7 Å². The monoisotopic (exact) mass is 491 g/mol. The molecule has 1 aromatic carbocycles. The fraction of sp³-hybridized carbons (Fsp3) is 0.476. The lowest BCUT2D eigenvalue weighted by molar-refractivity contribution is -0.148. The molecule has 2 amide bonds. The fourth-order valence-electron chi connectivity index (χ4n) is 4.05. The summed E-state index contributed by atoms with van der Waals surface area (Å²) in [4.78, 5) is 30.1. The van der Waals surface area contributed by atoms with Crippen molar-refractivity contribution in [1.82, 2.24) is 19.8 Å². The van der Waals surface area contributed by atoms with Crippen LogP contribution in [0.25, 0.3) is 0 Å². The molecule has 13 heteroatoms. The quantitative estimate of drug-likeness (QED) is 0.480. The summed E-state index contributed by atoms with van der Waals surface area (Å²) in [5.41, 5.74) is 5.24. The Bertz CT molecular complexity index is 1100. The summed E-state index contributed by atoms with van der Waals surface area (Å²) in [5.74, 6) is -6.20. The Morgan fingerprint density at radius 2 is 1.82 bits per heavy atom. The molecule has 1 aliphatic rings. The van der Waals surface area contributed by atoms with E-state index in [1.54, 1.807) is 6.92 Å². The molecule has 186 valence electrons. The molecule has 3 rings (SSSR count). The van der Waals surface area contributed by atoms with Crippen LogP contribution in [0.2, 0.25) is 0 Å². The van der Waals surface area contributed by atoms with Gasteiger partial charge in [-0.15, -0.1) is 0 Å². The number of hydrogen-bond donors (Lipinski definition) is 2. The number of nitrogens with zero attached hydrogens (tertiary/aromatic N) is 3. The van der Waals surface area contributed by atoms with Crippen LogP contribution in [-0.2, 0) is 23.9 Å². The van der Waals surface area contributed by atoms with Gasteiger partial charge in [-0.25, -0.2) is 18.2 Å². The number of carbonyl (C=O) groups is 2. The van der Waals surface area contributed by atoms with E-state index in [0.29, 0.717) is 12.1 Å². The van der Waals surface area contributed by atoms with Gasteiger partial charge in [-0.05, 0) is 31.9 Å². The number of nitrogens with one attached hydrogen (secondary N) is 1. The molecule has 1 aliphatic heterocycles. The number of nitrogens with two attached hydrogens (primary N) is 1. The molecule has 0 saturated carbocycles. The summed E-state index contributed by atoms with van der Waals surface area (Å²) in [6, 6.07) is -0.864. The second-order valence-electron chi connectivity index (χ2n) is 7.97. The minimum absolute atomic E-state index is 0.0573. The molecule has 0 bridgehead atoms. The lowest BCUT2D eigenvalue weighted by Crippen LogP contribution is -2.44. The highest BCUT2D eigenvalue weighted by molar-refractivity contribution is 5.94. The van der Waals surface area contributed by atoms with Gasteiger partial charge in [0.1, 0.15) is 5.82 Å². The largest absolute Gasteiger partial charge is 0.449 e. The zero-order chi connectivity index (χ0) is 25.4. The number of rotatable bonds is 6. The first-order valence-electron chi connectivity index (χ1n) is 10.5. The first kappa shape index (κ1) is 25.5. The van der Waals surface area contributed by atoms with Gasteiger partial charge in [0.25, 0.3) is 5.91 Å². The normalized spacial score (nSPS) is 16.9. The van der Waals surface area contributed by atoms with E-state index in [2.05, 4.69) is 10.3 Å².